The number of fused-ring (bicyclic) bond motifs is 1. The molecule has 0 saturated heterocycles. The highest BCUT2D eigenvalue weighted by Crippen LogP contribution is 2.39. The summed E-state index contributed by atoms with van der Waals surface area (Å²) in [5.41, 5.74) is 2.55. The van der Waals surface area contributed by atoms with E-state index in [4.69, 9.17) is 0 Å². The van der Waals surface area contributed by atoms with E-state index in [1.807, 2.05) is 28.8 Å². The van der Waals surface area contributed by atoms with Crippen molar-refractivity contribution in [2.75, 3.05) is 0 Å². The quantitative estimate of drug-likeness (QED) is 0.787. The molecule has 3 nitrogen and oxygen atoms in total. The normalized spacial score (nSPS) is 20.1. The van der Waals surface area contributed by atoms with Crippen LogP contribution in [0.15, 0.2) is 61.1 Å². The van der Waals surface area contributed by atoms with Gasteiger partial charge in [0.1, 0.15) is 11.4 Å². The summed E-state index contributed by atoms with van der Waals surface area (Å²) in [6.07, 6.45) is 4.10. The first-order chi connectivity index (χ1) is 10.7. The molecule has 0 amide bonds. The van der Waals surface area contributed by atoms with Crippen molar-refractivity contribution in [3.8, 4) is 11.1 Å². The first kappa shape index (κ1) is 13.2. The number of aryl methyl sites for hydroxylation is 1. The van der Waals surface area contributed by atoms with Crippen molar-refractivity contribution in [1.82, 2.24) is 9.55 Å². The van der Waals surface area contributed by atoms with Crippen LogP contribution in [0.5, 0.6) is 0 Å². The Labute approximate surface area is 127 Å². The van der Waals surface area contributed by atoms with E-state index >= 15 is 0 Å². The third kappa shape index (κ3) is 1.96. The number of nitrogens with zero attached hydrogens (tertiary/aromatic N) is 2. The lowest BCUT2D eigenvalue weighted by Crippen LogP contribution is -2.23. The van der Waals surface area contributed by atoms with Crippen LogP contribution in [0.4, 0.5) is 4.39 Å². The first-order valence-corrected chi connectivity index (χ1v) is 7.26. The molecule has 22 heavy (non-hydrogen) atoms. The maximum Gasteiger partial charge on any atom is 0.133 e. The largest absolute Gasteiger partial charge is 0.379 e. The minimum Gasteiger partial charge on any atom is -0.379 e. The predicted octanol–water partition coefficient (Wildman–Crippen LogP) is 3.33. The highest BCUT2D eigenvalue weighted by atomic mass is 19.1. The average Bonchev–Trinajstić information content (AvgIpc) is 3.13. The molecule has 1 N–H and O–H groups in total. The van der Waals surface area contributed by atoms with Crippen LogP contribution < -0.4 is 0 Å². The van der Waals surface area contributed by atoms with Crippen LogP contribution in [0.3, 0.4) is 0 Å². The van der Waals surface area contributed by atoms with E-state index in [2.05, 4.69) is 4.98 Å². The van der Waals surface area contributed by atoms with Gasteiger partial charge in [0.25, 0.3) is 0 Å². The monoisotopic (exact) mass is 294 g/mol. The van der Waals surface area contributed by atoms with Gasteiger partial charge in [-0.2, -0.15) is 0 Å². The Morgan fingerprint density at radius 3 is 2.73 bits per heavy atom. The highest BCUT2D eigenvalue weighted by Gasteiger charge is 2.39. The maximum absolute atomic E-state index is 13.1. The number of rotatable bonds is 2. The molecule has 4 heteroatoms. The SMILES string of the molecule is OC1(c2cccc(-c3ccc(F)cc3)c2)CCn2cncc21. The Morgan fingerprint density at radius 1 is 1.09 bits per heavy atom. The molecule has 0 spiro atoms. The Hall–Kier alpha value is -2.46. The van der Waals surface area contributed by atoms with Crippen molar-refractivity contribution in [1.29, 1.82) is 0 Å². The summed E-state index contributed by atoms with van der Waals surface area (Å²) in [4.78, 5) is 4.12. The summed E-state index contributed by atoms with van der Waals surface area (Å²) >= 11 is 0. The summed E-state index contributed by atoms with van der Waals surface area (Å²) in [7, 11) is 0. The number of imidazole rings is 1. The van der Waals surface area contributed by atoms with Crippen molar-refractivity contribution in [3.05, 3.63) is 78.1 Å². The summed E-state index contributed by atoms with van der Waals surface area (Å²) in [6.45, 7) is 0.757. The summed E-state index contributed by atoms with van der Waals surface area (Å²) in [6, 6.07) is 14.2. The average molecular weight is 294 g/mol. The maximum atomic E-state index is 13.1. The number of halogens is 1. The molecule has 0 fully saturated rings. The smallest absolute Gasteiger partial charge is 0.133 e. The lowest BCUT2D eigenvalue weighted by Gasteiger charge is -2.23. The minimum absolute atomic E-state index is 0.252. The molecule has 4 rings (SSSR count). The molecule has 110 valence electrons. The van der Waals surface area contributed by atoms with Gasteiger partial charge >= 0.3 is 0 Å². The first-order valence-electron chi connectivity index (χ1n) is 7.26. The molecular formula is C18H15FN2O. The van der Waals surface area contributed by atoms with Gasteiger partial charge in [-0.25, -0.2) is 9.37 Å². The lowest BCUT2D eigenvalue weighted by molar-refractivity contribution is 0.0826. The molecule has 1 unspecified atom stereocenters. The molecule has 0 aliphatic carbocycles. The van der Waals surface area contributed by atoms with Crippen LogP contribution in [-0.2, 0) is 12.1 Å². The van der Waals surface area contributed by atoms with Crippen molar-refractivity contribution < 1.29 is 9.50 Å². The molecule has 2 heterocycles. The summed E-state index contributed by atoms with van der Waals surface area (Å²) in [5.74, 6) is -0.252. The van der Waals surface area contributed by atoms with Crippen LogP contribution in [0.25, 0.3) is 11.1 Å². The number of aliphatic hydroxyl groups is 1. The molecular weight excluding hydrogens is 279 g/mol. The topological polar surface area (TPSA) is 38.0 Å². The zero-order valence-corrected chi connectivity index (χ0v) is 11.9. The molecule has 1 aromatic heterocycles. The van der Waals surface area contributed by atoms with Crippen LogP contribution in [0.1, 0.15) is 17.7 Å². The van der Waals surface area contributed by atoms with E-state index in [0.29, 0.717) is 6.42 Å². The molecule has 1 atom stereocenters. The van der Waals surface area contributed by atoms with Gasteiger partial charge in [-0.1, -0.05) is 30.3 Å². The molecule has 0 radical (unpaired) electrons. The van der Waals surface area contributed by atoms with Gasteiger partial charge in [-0.05, 0) is 34.9 Å². The van der Waals surface area contributed by atoms with Crippen molar-refractivity contribution in [3.63, 3.8) is 0 Å². The minimum atomic E-state index is -1.01. The van der Waals surface area contributed by atoms with E-state index in [1.165, 1.54) is 12.1 Å². The second kappa shape index (κ2) is 4.78. The van der Waals surface area contributed by atoms with Crippen LogP contribution in [-0.4, -0.2) is 14.7 Å². The molecule has 0 bridgehead atoms. The van der Waals surface area contributed by atoms with Crippen molar-refractivity contribution >= 4 is 0 Å². The highest BCUT2D eigenvalue weighted by molar-refractivity contribution is 5.64. The van der Waals surface area contributed by atoms with Gasteiger partial charge in [0.2, 0.25) is 0 Å². The van der Waals surface area contributed by atoms with Crippen molar-refractivity contribution in [2.24, 2.45) is 0 Å². The Kier molecular flexibility index (Phi) is 2.87. The third-order valence-electron chi connectivity index (χ3n) is 4.37. The van der Waals surface area contributed by atoms with Gasteiger partial charge in [0, 0.05) is 13.0 Å². The van der Waals surface area contributed by atoms with Gasteiger partial charge in [-0.3, -0.25) is 0 Å². The number of hydrogen-bond acceptors (Lipinski definition) is 2. The number of hydrogen-bond donors (Lipinski definition) is 1. The van der Waals surface area contributed by atoms with Gasteiger partial charge in [0.05, 0.1) is 18.2 Å². The van der Waals surface area contributed by atoms with Gasteiger partial charge < -0.3 is 9.67 Å². The second-order valence-corrected chi connectivity index (χ2v) is 5.67. The fraction of sp³-hybridized carbons (Fsp3) is 0.167. The van der Waals surface area contributed by atoms with Gasteiger partial charge in [-0.15, -0.1) is 0 Å². The second-order valence-electron chi connectivity index (χ2n) is 5.67. The zero-order valence-electron chi connectivity index (χ0n) is 11.9. The zero-order chi connectivity index (χ0) is 15.2. The molecule has 3 aromatic rings. The number of benzene rings is 2. The van der Waals surface area contributed by atoms with E-state index in [9.17, 15) is 9.50 Å². The Balaban J connectivity index is 1.78. The van der Waals surface area contributed by atoms with Gasteiger partial charge in [0.15, 0.2) is 0 Å². The standard InChI is InChI=1S/C18H15FN2O/c19-16-6-4-13(5-7-16)14-2-1-3-15(10-14)18(22)8-9-21-12-20-11-17(18)21/h1-7,10-12,22H,8-9H2. The lowest BCUT2D eigenvalue weighted by atomic mass is 9.88. The predicted molar refractivity (Wildman–Crippen MR) is 81.7 cm³/mol. The van der Waals surface area contributed by atoms with Crippen molar-refractivity contribution in [2.45, 2.75) is 18.6 Å². The molecule has 0 saturated carbocycles. The van der Waals surface area contributed by atoms with E-state index < -0.39 is 5.60 Å². The fourth-order valence-corrected chi connectivity index (χ4v) is 3.14. The van der Waals surface area contributed by atoms with E-state index in [0.717, 1.165) is 28.9 Å². The Morgan fingerprint density at radius 2 is 1.91 bits per heavy atom. The summed E-state index contributed by atoms with van der Waals surface area (Å²) < 4.78 is 15.0. The van der Waals surface area contributed by atoms with Crippen LogP contribution in [0, 0.1) is 5.82 Å². The summed E-state index contributed by atoms with van der Waals surface area (Å²) in [5, 5.41) is 11.1. The van der Waals surface area contributed by atoms with Crippen LogP contribution in [0.2, 0.25) is 0 Å². The van der Waals surface area contributed by atoms with E-state index in [-0.39, 0.29) is 5.82 Å². The van der Waals surface area contributed by atoms with Crippen LogP contribution >= 0.6 is 0 Å². The fourth-order valence-electron chi connectivity index (χ4n) is 3.14. The Bertz CT molecular complexity index is 825. The molecule has 1 aliphatic rings. The third-order valence-corrected chi connectivity index (χ3v) is 4.37. The molecule has 2 aromatic carbocycles. The number of aromatic nitrogens is 2. The molecule has 1 aliphatic heterocycles. The van der Waals surface area contributed by atoms with E-state index in [1.54, 1.807) is 24.7 Å².